The minimum atomic E-state index is -0.708. The van der Waals surface area contributed by atoms with E-state index in [2.05, 4.69) is 0 Å². The highest BCUT2D eigenvalue weighted by Crippen LogP contribution is 2.43. The third kappa shape index (κ3) is 1.97. The Morgan fingerprint density at radius 3 is 2.06 bits per heavy atom. The maximum atomic E-state index is 9.40. The molecule has 6 heteroatoms. The molecule has 1 N–H and O–H groups in total. The molecule has 0 amide bonds. The summed E-state index contributed by atoms with van der Waals surface area (Å²) in [5.74, 6) is -1.41. The van der Waals surface area contributed by atoms with Crippen molar-refractivity contribution in [2.24, 2.45) is 0 Å². The van der Waals surface area contributed by atoms with Gasteiger partial charge in [0.15, 0.2) is 17.9 Å². The van der Waals surface area contributed by atoms with Crippen LogP contribution in [0.3, 0.4) is 0 Å². The second-order valence-electron chi connectivity index (χ2n) is 5.89. The number of ether oxygens (including phenoxy) is 5. The van der Waals surface area contributed by atoms with Gasteiger partial charge in [-0.3, -0.25) is 0 Å². The highest BCUT2D eigenvalue weighted by Gasteiger charge is 2.60. The molecule has 3 rings (SSSR count). The van der Waals surface area contributed by atoms with Crippen LogP contribution in [0.4, 0.5) is 0 Å². The van der Waals surface area contributed by atoms with E-state index in [1.165, 1.54) is 0 Å². The molecular formula is C12H20O6. The highest BCUT2D eigenvalue weighted by molar-refractivity contribution is 4.99. The molecule has 3 aliphatic rings. The first-order valence-electron chi connectivity index (χ1n) is 6.29. The summed E-state index contributed by atoms with van der Waals surface area (Å²) in [4.78, 5) is 0. The van der Waals surface area contributed by atoms with Crippen LogP contribution < -0.4 is 0 Å². The lowest BCUT2D eigenvalue weighted by Crippen LogP contribution is -2.56. The van der Waals surface area contributed by atoms with E-state index in [1.807, 2.05) is 27.7 Å². The van der Waals surface area contributed by atoms with Gasteiger partial charge in [0.2, 0.25) is 0 Å². The summed E-state index contributed by atoms with van der Waals surface area (Å²) in [5, 5.41) is 9.40. The Hall–Kier alpha value is -0.240. The standard InChI is InChI=1S/C12H20O6/c1-11(2)15-7-6(5-13)14-10-9(8(7)16-11)17-12(3,4)18-10/h6-10,13H,5H2,1-4H3. The smallest absolute Gasteiger partial charge is 0.190 e. The van der Waals surface area contributed by atoms with Crippen molar-refractivity contribution in [3.63, 3.8) is 0 Å². The predicted molar refractivity (Wildman–Crippen MR) is 59.6 cm³/mol. The average molecular weight is 260 g/mol. The number of rotatable bonds is 1. The van der Waals surface area contributed by atoms with Crippen molar-refractivity contribution in [1.29, 1.82) is 0 Å². The van der Waals surface area contributed by atoms with Crippen molar-refractivity contribution in [3.8, 4) is 0 Å². The summed E-state index contributed by atoms with van der Waals surface area (Å²) in [5.41, 5.74) is 0. The van der Waals surface area contributed by atoms with Crippen LogP contribution in [0, 0.1) is 0 Å². The molecule has 104 valence electrons. The maximum Gasteiger partial charge on any atom is 0.190 e. The minimum Gasteiger partial charge on any atom is -0.394 e. The van der Waals surface area contributed by atoms with Gasteiger partial charge in [0, 0.05) is 0 Å². The topological polar surface area (TPSA) is 66.4 Å². The van der Waals surface area contributed by atoms with Crippen LogP contribution in [0.2, 0.25) is 0 Å². The second-order valence-corrected chi connectivity index (χ2v) is 5.89. The van der Waals surface area contributed by atoms with Crippen molar-refractivity contribution in [2.45, 2.75) is 70.0 Å². The van der Waals surface area contributed by atoms with Crippen molar-refractivity contribution in [1.82, 2.24) is 0 Å². The molecule has 3 heterocycles. The van der Waals surface area contributed by atoms with Crippen LogP contribution in [-0.4, -0.2) is 54.0 Å². The monoisotopic (exact) mass is 260 g/mol. The zero-order chi connectivity index (χ0) is 13.1. The van der Waals surface area contributed by atoms with Crippen LogP contribution in [0.5, 0.6) is 0 Å². The molecule has 18 heavy (non-hydrogen) atoms. The molecule has 3 fully saturated rings. The van der Waals surface area contributed by atoms with Gasteiger partial charge in [0.05, 0.1) is 6.61 Å². The van der Waals surface area contributed by atoms with E-state index >= 15 is 0 Å². The molecule has 5 unspecified atom stereocenters. The third-order valence-electron chi connectivity index (χ3n) is 3.43. The molecule has 0 aromatic carbocycles. The van der Waals surface area contributed by atoms with Gasteiger partial charge in [-0.25, -0.2) is 0 Å². The molecule has 3 aliphatic heterocycles. The average Bonchev–Trinajstić information content (AvgIpc) is 2.71. The fraction of sp³-hybridized carbons (Fsp3) is 1.00. The van der Waals surface area contributed by atoms with E-state index in [0.717, 1.165) is 0 Å². The van der Waals surface area contributed by atoms with Gasteiger partial charge in [-0.15, -0.1) is 0 Å². The summed E-state index contributed by atoms with van der Waals surface area (Å²) in [6.45, 7) is 7.22. The lowest BCUT2D eigenvalue weighted by Gasteiger charge is -2.36. The molecule has 0 aromatic rings. The van der Waals surface area contributed by atoms with Gasteiger partial charge in [-0.2, -0.15) is 0 Å². The lowest BCUT2D eigenvalue weighted by molar-refractivity contribution is -0.240. The van der Waals surface area contributed by atoms with E-state index in [-0.39, 0.29) is 24.9 Å². The van der Waals surface area contributed by atoms with Gasteiger partial charge < -0.3 is 28.8 Å². The van der Waals surface area contributed by atoms with E-state index < -0.39 is 24.0 Å². The molecular weight excluding hydrogens is 240 g/mol. The number of hydrogen-bond acceptors (Lipinski definition) is 6. The predicted octanol–water partition coefficient (Wildman–Crippen LogP) is 0.375. The van der Waals surface area contributed by atoms with E-state index in [4.69, 9.17) is 23.7 Å². The van der Waals surface area contributed by atoms with Crippen LogP contribution in [0.25, 0.3) is 0 Å². The van der Waals surface area contributed by atoms with Gasteiger partial charge in [-0.1, -0.05) is 0 Å². The highest BCUT2D eigenvalue weighted by atomic mass is 16.9. The fourth-order valence-electron chi connectivity index (χ4n) is 2.84. The van der Waals surface area contributed by atoms with Crippen LogP contribution in [-0.2, 0) is 23.7 Å². The SMILES string of the molecule is CC1(C)OC2OC(CO)C3OC(C)(C)OC3C2O1. The largest absolute Gasteiger partial charge is 0.394 e. The number of hydrogen-bond donors (Lipinski definition) is 1. The van der Waals surface area contributed by atoms with Crippen LogP contribution in [0.1, 0.15) is 27.7 Å². The molecule has 5 atom stereocenters. The molecule has 0 spiro atoms. The van der Waals surface area contributed by atoms with Gasteiger partial charge in [0.25, 0.3) is 0 Å². The maximum absolute atomic E-state index is 9.40. The number of aliphatic hydroxyl groups excluding tert-OH is 1. The first kappa shape index (κ1) is 12.8. The summed E-state index contributed by atoms with van der Waals surface area (Å²) in [7, 11) is 0. The Morgan fingerprint density at radius 2 is 1.39 bits per heavy atom. The Morgan fingerprint density at radius 1 is 0.833 bits per heavy atom. The summed E-state index contributed by atoms with van der Waals surface area (Å²) in [6.07, 6.45) is -1.90. The first-order chi connectivity index (χ1) is 8.31. The van der Waals surface area contributed by atoms with Crippen molar-refractivity contribution in [3.05, 3.63) is 0 Å². The van der Waals surface area contributed by atoms with Gasteiger partial charge in [0.1, 0.15) is 24.4 Å². The van der Waals surface area contributed by atoms with E-state index in [1.54, 1.807) is 0 Å². The second kappa shape index (κ2) is 3.88. The Kier molecular flexibility index (Phi) is 2.75. The van der Waals surface area contributed by atoms with Crippen molar-refractivity contribution < 1.29 is 28.8 Å². The van der Waals surface area contributed by atoms with Crippen LogP contribution >= 0.6 is 0 Å². The van der Waals surface area contributed by atoms with Gasteiger partial charge >= 0.3 is 0 Å². The summed E-state index contributed by atoms with van der Waals surface area (Å²) >= 11 is 0. The number of aliphatic hydroxyl groups is 1. The summed E-state index contributed by atoms with van der Waals surface area (Å²) < 4.78 is 28.9. The zero-order valence-electron chi connectivity index (χ0n) is 11.1. The Labute approximate surface area is 106 Å². The third-order valence-corrected chi connectivity index (χ3v) is 3.43. The number of fused-ring (bicyclic) bond motifs is 3. The minimum absolute atomic E-state index is 0.131. The molecule has 0 aromatic heterocycles. The zero-order valence-corrected chi connectivity index (χ0v) is 11.1. The quantitative estimate of drug-likeness (QED) is 0.735. The van der Waals surface area contributed by atoms with Crippen molar-refractivity contribution >= 4 is 0 Å². The van der Waals surface area contributed by atoms with Gasteiger partial charge in [-0.05, 0) is 27.7 Å². The van der Waals surface area contributed by atoms with E-state index in [0.29, 0.717) is 0 Å². The molecule has 0 radical (unpaired) electrons. The fourth-order valence-corrected chi connectivity index (χ4v) is 2.84. The normalized spacial score (nSPS) is 48.8. The molecule has 3 saturated heterocycles. The van der Waals surface area contributed by atoms with Crippen molar-refractivity contribution in [2.75, 3.05) is 6.61 Å². The molecule has 0 saturated carbocycles. The molecule has 0 aliphatic carbocycles. The Bertz CT molecular complexity index is 341. The lowest BCUT2D eigenvalue weighted by atomic mass is 9.99. The molecule has 6 nitrogen and oxygen atoms in total. The molecule has 0 bridgehead atoms. The van der Waals surface area contributed by atoms with E-state index in [9.17, 15) is 5.11 Å². The first-order valence-corrected chi connectivity index (χ1v) is 6.29. The Balaban J connectivity index is 1.86. The van der Waals surface area contributed by atoms with Crippen LogP contribution in [0.15, 0.2) is 0 Å². The summed E-state index contributed by atoms with van der Waals surface area (Å²) in [6, 6.07) is 0.